The Balaban J connectivity index is 1.61. The molecule has 0 saturated carbocycles. The van der Waals surface area contributed by atoms with E-state index in [0.717, 1.165) is 23.5 Å². The third kappa shape index (κ3) is 4.96. The average molecular weight is 419 g/mol. The van der Waals surface area contributed by atoms with E-state index in [9.17, 15) is 13.2 Å². The largest absolute Gasteiger partial charge is 0.351 e. The maximum absolute atomic E-state index is 12.9. The molecule has 0 spiro atoms. The summed E-state index contributed by atoms with van der Waals surface area (Å²) >= 11 is 1.68. The first-order chi connectivity index (χ1) is 13.4. The van der Waals surface area contributed by atoms with Crippen molar-refractivity contribution >= 4 is 27.7 Å². The molecule has 0 unspecified atom stereocenters. The fraction of sp³-hybridized carbons (Fsp3) is 0.381. The number of hydrogen-bond donors (Lipinski definition) is 1. The molecule has 1 heterocycles. The van der Waals surface area contributed by atoms with Gasteiger partial charge in [0.05, 0.1) is 4.90 Å². The predicted octanol–water partition coefficient (Wildman–Crippen LogP) is 3.61. The maximum Gasteiger partial charge on any atom is 0.251 e. The number of nitrogens with one attached hydrogen (secondary N) is 1. The van der Waals surface area contributed by atoms with Crippen LogP contribution in [-0.4, -0.2) is 44.0 Å². The first kappa shape index (κ1) is 20.9. The Bertz CT molecular complexity index is 935. The summed E-state index contributed by atoms with van der Waals surface area (Å²) < 4.78 is 27.2. The Morgan fingerprint density at radius 3 is 2.43 bits per heavy atom. The number of carbonyl (C=O) groups excluding carboxylic acids is 1. The first-order valence-electron chi connectivity index (χ1n) is 9.46. The molecule has 1 aliphatic heterocycles. The summed E-state index contributed by atoms with van der Waals surface area (Å²) in [5.41, 5.74) is 2.26. The summed E-state index contributed by atoms with van der Waals surface area (Å²) in [7, 11) is -3.54. The molecule has 1 saturated heterocycles. The van der Waals surface area contributed by atoms with Crippen molar-refractivity contribution < 1.29 is 13.2 Å². The number of rotatable bonds is 7. The van der Waals surface area contributed by atoms with Gasteiger partial charge in [-0.3, -0.25) is 4.79 Å². The van der Waals surface area contributed by atoms with Gasteiger partial charge in [-0.25, -0.2) is 8.42 Å². The van der Waals surface area contributed by atoms with Crippen molar-refractivity contribution in [3.8, 4) is 0 Å². The van der Waals surface area contributed by atoms with Crippen LogP contribution in [-0.2, 0) is 10.0 Å². The summed E-state index contributed by atoms with van der Waals surface area (Å²) in [6, 6.07) is 13.2. The SMILES string of the molecule is Cc1ccc(SCCNC(=O)c2ccc(C)c(S(=O)(=O)N3CCCC3)c2)cc1. The van der Waals surface area contributed by atoms with E-state index in [1.54, 1.807) is 30.8 Å². The maximum atomic E-state index is 12.9. The van der Waals surface area contributed by atoms with E-state index >= 15 is 0 Å². The summed E-state index contributed by atoms with van der Waals surface area (Å²) in [6.45, 7) is 5.43. The zero-order chi connectivity index (χ0) is 20.1. The van der Waals surface area contributed by atoms with Gasteiger partial charge in [-0.2, -0.15) is 4.31 Å². The van der Waals surface area contributed by atoms with Gasteiger partial charge in [-0.1, -0.05) is 23.8 Å². The highest BCUT2D eigenvalue weighted by Gasteiger charge is 2.29. The predicted molar refractivity (Wildman–Crippen MR) is 113 cm³/mol. The Labute approximate surface area is 171 Å². The molecule has 1 N–H and O–H groups in total. The molecular formula is C21H26N2O3S2. The minimum absolute atomic E-state index is 0.232. The summed E-state index contributed by atoms with van der Waals surface area (Å²) in [5.74, 6) is 0.502. The third-order valence-electron chi connectivity index (χ3n) is 4.81. The average Bonchev–Trinajstić information content (AvgIpc) is 3.22. The van der Waals surface area contributed by atoms with E-state index < -0.39 is 10.0 Å². The van der Waals surface area contributed by atoms with Crippen molar-refractivity contribution in [3.05, 3.63) is 59.2 Å². The van der Waals surface area contributed by atoms with Crippen LogP contribution in [0.1, 0.15) is 34.3 Å². The zero-order valence-electron chi connectivity index (χ0n) is 16.3. The molecule has 28 heavy (non-hydrogen) atoms. The van der Waals surface area contributed by atoms with Crippen molar-refractivity contribution in [2.24, 2.45) is 0 Å². The lowest BCUT2D eigenvalue weighted by Gasteiger charge is -2.17. The van der Waals surface area contributed by atoms with E-state index in [-0.39, 0.29) is 10.8 Å². The lowest BCUT2D eigenvalue weighted by Crippen LogP contribution is -2.29. The van der Waals surface area contributed by atoms with E-state index in [1.165, 1.54) is 15.9 Å². The molecule has 2 aromatic carbocycles. The van der Waals surface area contributed by atoms with Crippen LogP contribution < -0.4 is 5.32 Å². The van der Waals surface area contributed by atoms with Crippen molar-refractivity contribution in [2.45, 2.75) is 36.5 Å². The zero-order valence-corrected chi connectivity index (χ0v) is 17.9. The number of sulfonamides is 1. The van der Waals surface area contributed by atoms with Gasteiger partial charge < -0.3 is 5.32 Å². The van der Waals surface area contributed by atoms with E-state index in [0.29, 0.717) is 30.8 Å². The standard InChI is InChI=1S/C21H26N2O3S2/c1-16-5-9-19(10-6-16)27-14-11-22-21(24)18-8-7-17(2)20(15-18)28(25,26)23-12-3-4-13-23/h5-10,15H,3-4,11-14H2,1-2H3,(H,22,24). The highest BCUT2D eigenvalue weighted by molar-refractivity contribution is 7.99. The molecule has 1 fully saturated rings. The molecule has 0 radical (unpaired) electrons. The van der Waals surface area contributed by atoms with Crippen LogP contribution in [0.2, 0.25) is 0 Å². The number of benzene rings is 2. The Hall–Kier alpha value is -1.83. The fourth-order valence-electron chi connectivity index (χ4n) is 3.16. The van der Waals surface area contributed by atoms with Crippen LogP contribution in [0.3, 0.4) is 0 Å². The number of thioether (sulfide) groups is 1. The van der Waals surface area contributed by atoms with Gasteiger partial charge in [0, 0.05) is 35.8 Å². The Kier molecular flexibility index (Phi) is 6.80. The van der Waals surface area contributed by atoms with Gasteiger partial charge in [0.2, 0.25) is 10.0 Å². The molecule has 1 amide bonds. The van der Waals surface area contributed by atoms with Gasteiger partial charge in [0.25, 0.3) is 5.91 Å². The number of hydrogen-bond acceptors (Lipinski definition) is 4. The van der Waals surface area contributed by atoms with Crippen molar-refractivity contribution in [2.75, 3.05) is 25.4 Å². The van der Waals surface area contributed by atoms with E-state index in [4.69, 9.17) is 0 Å². The quantitative estimate of drug-likeness (QED) is 0.551. The van der Waals surface area contributed by atoms with Gasteiger partial charge in [0.1, 0.15) is 0 Å². The van der Waals surface area contributed by atoms with Crippen LogP contribution >= 0.6 is 11.8 Å². The van der Waals surface area contributed by atoms with Gasteiger partial charge in [-0.05, 0) is 56.5 Å². The van der Waals surface area contributed by atoms with Crippen LogP contribution in [0.15, 0.2) is 52.3 Å². The Morgan fingerprint density at radius 1 is 1.07 bits per heavy atom. The number of carbonyl (C=O) groups is 1. The smallest absolute Gasteiger partial charge is 0.251 e. The van der Waals surface area contributed by atoms with Crippen LogP contribution in [0.25, 0.3) is 0 Å². The van der Waals surface area contributed by atoms with E-state index in [2.05, 4.69) is 36.5 Å². The van der Waals surface area contributed by atoms with Gasteiger partial charge in [-0.15, -0.1) is 11.8 Å². The molecule has 5 nitrogen and oxygen atoms in total. The van der Waals surface area contributed by atoms with Crippen molar-refractivity contribution in [1.29, 1.82) is 0 Å². The number of amides is 1. The second kappa shape index (κ2) is 9.11. The molecule has 0 bridgehead atoms. The fourth-order valence-corrected chi connectivity index (χ4v) is 5.69. The van der Waals surface area contributed by atoms with Crippen molar-refractivity contribution in [1.82, 2.24) is 9.62 Å². The minimum Gasteiger partial charge on any atom is -0.351 e. The molecule has 0 aliphatic carbocycles. The van der Waals surface area contributed by atoms with Gasteiger partial charge >= 0.3 is 0 Å². The second-order valence-corrected chi connectivity index (χ2v) is 10.1. The lowest BCUT2D eigenvalue weighted by molar-refractivity contribution is 0.0956. The normalized spacial score (nSPS) is 14.9. The summed E-state index contributed by atoms with van der Waals surface area (Å²) in [6.07, 6.45) is 1.77. The molecule has 150 valence electrons. The van der Waals surface area contributed by atoms with Crippen molar-refractivity contribution in [3.63, 3.8) is 0 Å². The van der Waals surface area contributed by atoms with Crippen LogP contribution in [0, 0.1) is 13.8 Å². The molecular weight excluding hydrogens is 392 g/mol. The topological polar surface area (TPSA) is 66.5 Å². The highest BCUT2D eigenvalue weighted by atomic mass is 32.2. The third-order valence-corrected chi connectivity index (χ3v) is 7.86. The molecule has 3 rings (SSSR count). The monoisotopic (exact) mass is 418 g/mol. The molecule has 7 heteroatoms. The number of aryl methyl sites for hydroxylation is 2. The summed E-state index contributed by atoms with van der Waals surface area (Å²) in [5, 5.41) is 2.88. The lowest BCUT2D eigenvalue weighted by atomic mass is 10.1. The molecule has 0 aromatic heterocycles. The summed E-state index contributed by atoms with van der Waals surface area (Å²) in [4.78, 5) is 13.9. The first-order valence-corrected chi connectivity index (χ1v) is 11.9. The minimum atomic E-state index is -3.54. The molecule has 1 aliphatic rings. The molecule has 0 atom stereocenters. The van der Waals surface area contributed by atoms with E-state index in [1.807, 2.05) is 0 Å². The molecule has 2 aromatic rings. The number of nitrogens with zero attached hydrogens (tertiary/aromatic N) is 1. The van der Waals surface area contributed by atoms with Gasteiger partial charge in [0.15, 0.2) is 0 Å². The Morgan fingerprint density at radius 2 is 1.75 bits per heavy atom. The second-order valence-electron chi connectivity index (χ2n) is 7.01. The van der Waals surface area contributed by atoms with Crippen LogP contribution in [0.4, 0.5) is 0 Å². The highest BCUT2D eigenvalue weighted by Crippen LogP contribution is 2.24. The van der Waals surface area contributed by atoms with Crippen LogP contribution in [0.5, 0.6) is 0 Å².